The van der Waals surface area contributed by atoms with Crippen molar-refractivity contribution in [2.24, 2.45) is 56.7 Å². The van der Waals surface area contributed by atoms with Crippen LogP contribution in [0, 0.1) is 56.7 Å². The summed E-state index contributed by atoms with van der Waals surface area (Å²) in [6, 6.07) is 10.3. The number of carbonyl (C=O) groups is 1. The molecular formula is C39H58O2. The summed E-state index contributed by atoms with van der Waals surface area (Å²) in [5, 5.41) is 0. The highest BCUT2D eigenvalue weighted by Crippen LogP contribution is 2.77. The molecule has 2 nitrogen and oxygen atoms in total. The average Bonchev–Trinajstić information content (AvgIpc) is 3.28. The van der Waals surface area contributed by atoms with Gasteiger partial charge in [-0.1, -0.05) is 84.0 Å². The van der Waals surface area contributed by atoms with E-state index in [1.165, 1.54) is 68.9 Å². The van der Waals surface area contributed by atoms with Gasteiger partial charge in [0.25, 0.3) is 0 Å². The van der Waals surface area contributed by atoms with Crippen LogP contribution in [0.15, 0.2) is 42.5 Å². The molecule has 0 unspecified atom stereocenters. The fourth-order valence-electron chi connectivity index (χ4n) is 12.8. The summed E-state index contributed by atoms with van der Waals surface area (Å²) in [6.07, 6.45) is 14.5. The second-order valence-electron chi connectivity index (χ2n) is 17.2. The molecule has 2 heteroatoms. The van der Waals surface area contributed by atoms with Crippen LogP contribution in [-0.2, 0) is 16.0 Å². The van der Waals surface area contributed by atoms with Crippen molar-refractivity contribution < 1.29 is 9.53 Å². The van der Waals surface area contributed by atoms with Gasteiger partial charge in [0.05, 0.1) is 0 Å². The number of hydrogen-bond donors (Lipinski definition) is 0. The minimum absolute atomic E-state index is 0.0100. The molecule has 0 heterocycles. The second-order valence-corrected chi connectivity index (χ2v) is 17.2. The molecular weight excluding hydrogens is 500 g/mol. The van der Waals surface area contributed by atoms with E-state index in [1.54, 1.807) is 0 Å². The van der Waals surface area contributed by atoms with Crippen LogP contribution in [0.1, 0.15) is 125 Å². The Kier molecular flexibility index (Phi) is 7.18. The van der Waals surface area contributed by atoms with E-state index in [2.05, 4.69) is 79.3 Å². The second kappa shape index (κ2) is 9.99. The maximum atomic E-state index is 13.1. The number of rotatable bonds is 5. The molecule has 5 aliphatic carbocycles. The highest BCUT2D eigenvalue weighted by Gasteiger charge is 2.70. The van der Waals surface area contributed by atoms with Crippen molar-refractivity contribution in [1.82, 2.24) is 0 Å². The van der Waals surface area contributed by atoms with Crippen molar-refractivity contribution in [2.75, 3.05) is 0 Å². The largest absolute Gasteiger partial charge is 0.462 e. The molecule has 5 saturated carbocycles. The average molecular weight is 559 g/mol. The van der Waals surface area contributed by atoms with Gasteiger partial charge in [-0.2, -0.15) is 0 Å². The van der Waals surface area contributed by atoms with Crippen LogP contribution >= 0.6 is 0 Å². The Morgan fingerprint density at radius 3 is 2.27 bits per heavy atom. The third-order valence-corrected chi connectivity index (χ3v) is 15.2. The Bertz CT molecular complexity index is 1170. The molecule has 1 aromatic carbocycles. The molecule has 6 rings (SSSR count). The van der Waals surface area contributed by atoms with E-state index < -0.39 is 0 Å². The third kappa shape index (κ3) is 4.34. The van der Waals surface area contributed by atoms with Crippen molar-refractivity contribution in [3.05, 3.63) is 48.0 Å². The van der Waals surface area contributed by atoms with E-state index in [-0.39, 0.29) is 17.5 Å². The minimum Gasteiger partial charge on any atom is -0.462 e. The number of esters is 1. The van der Waals surface area contributed by atoms with E-state index in [0.717, 1.165) is 36.5 Å². The lowest BCUT2D eigenvalue weighted by Gasteiger charge is -2.73. The predicted molar refractivity (Wildman–Crippen MR) is 169 cm³/mol. The van der Waals surface area contributed by atoms with Gasteiger partial charge < -0.3 is 4.74 Å². The molecule has 0 saturated heterocycles. The molecule has 1 aromatic rings. The minimum atomic E-state index is -0.0157. The Morgan fingerprint density at radius 1 is 0.829 bits per heavy atom. The van der Waals surface area contributed by atoms with E-state index in [0.29, 0.717) is 34.0 Å². The quantitative estimate of drug-likeness (QED) is 0.265. The van der Waals surface area contributed by atoms with Crippen LogP contribution in [0.2, 0.25) is 0 Å². The molecule has 226 valence electrons. The fourth-order valence-corrected chi connectivity index (χ4v) is 12.8. The van der Waals surface area contributed by atoms with Crippen LogP contribution in [0.4, 0.5) is 0 Å². The molecule has 0 spiro atoms. The van der Waals surface area contributed by atoms with Crippen LogP contribution < -0.4 is 0 Å². The number of benzene rings is 1. The van der Waals surface area contributed by atoms with E-state index >= 15 is 0 Å². The summed E-state index contributed by atoms with van der Waals surface area (Å²) < 4.78 is 6.33. The fraction of sp³-hybridized carbons (Fsp3) is 0.769. The molecule has 5 aliphatic rings. The van der Waals surface area contributed by atoms with Gasteiger partial charge in [0.1, 0.15) is 6.10 Å². The molecule has 10 atom stereocenters. The smallest absolute Gasteiger partial charge is 0.306 e. The van der Waals surface area contributed by atoms with Gasteiger partial charge in [0, 0.05) is 11.8 Å². The molecule has 41 heavy (non-hydrogen) atoms. The standard InChI is InChI=1S/C39H58O2/c1-26(2)28-18-21-36(5)24-25-38(7)29(34(28)36)15-16-31-37(6)22-20-32(35(3,4)30(37)19-23-39(31,38)8)41-33(40)17-14-27-12-10-9-11-13-27/h9-13,28-32,34H,1,14-25H2,2-8H3/t28-,29-,30+,31-,32-,34+,36-,37+,38-,39-/m0/s1. The summed E-state index contributed by atoms with van der Waals surface area (Å²) in [7, 11) is 0. The lowest BCUT2D eigenvalue weighted by atomic mass is 9.32. The normalized spacial score (nSPS) is 46.4. The number of carbonyl (C=O) groups excluding carboxylic acids is 1. The maximum Gasteiger partial charge on any atom is 0.306 e. The summed E-state index contributed by atoms with van der Waals surface area (Å²) in [4.78, 5) is 13.1. The van der Waals surface area contributed by atoms with E-state index in [1.807, 2.05) is 6.07 Å². The van der Waals surface area contributed by atoms with Gasteiger partial charge in [-0.25, -0.2) is 0 Å². The number of aryl methyl sites for hydroxylation is 1. The van der Waals surface area contributed by atoms with Gasteiger partial charge in [0.2, 0.25) is 0 Å². The van der Waals surface area contributed by atoms with Gasteiger partial charge in [-0.15, -0.1) is 0 Å². The molecule has 0 aromatic heterocycles. The van der Waals surface area contributed by atoms with Crippen LogP contribution in [0.3, 0.4) is 0 Å². The van der Waals surface area contributed by atoms with Gasteiger partial charge in [0.15, 0.2) is 0 Å². The first-order valence-corrected chi connectivity index (χ1v) is 17.2. The zero-order valence-electron chi connectivity index (χ0n) is 27.4. The number of ether oxygens (including phenoxy) is 1. The van der Waals surface area contributed by atoms with Crippen molar-refractivity contribution in [3.63, 3.8) is 0 Å². The lowest BCUT2D eigenvalue weighted by molar-refractivity contribution is -0.249. The zero-order chi connectivity index (χ0) is 29.4. The topological polar surface area (TPSA) is 26.3 Å². The number of hydrogen-bond acceptors (Lipinski definition) is 2. The molecule has 0 bridgehead atoms. The van der Waals surface area contributed by atoms with Crippen LogP contribution in [0.25, 0.3) is 0 Å². The third-order valence-electron chi connectivity index (χ3n) is 15.2. The summed E-state index contributed by atoms with van der Waals surface area (Å²) in [6.45, 7) is 22.5. The van der Waals surface area contributed by atoms with Crippen molar-refractivity contribution in [3.8, 4) is 0 Å². The van der Waals surface area contributed by atoms with Crippen molar-refractivity contribution in [1.29, 1.82) is 0 Å². The predicted octanol–water partition coefficient (Wildman–Crippen LogP) is 10.2. The molecule has 0 N–H and O–H groups in total. The summed E-state index contributed by atoms with van der Waals surface area (Å²) in [5.41, 5.74) is 4.31. The Hall–Kier alpha value is -1.57. The maximum absolute atomic E-state index is 13.1. The molecule has 5 fully saturated rings. The van der Waals surface area contributed by atoms with Gasteiger partial charge in [-0.05, 0) is 134 Å². The first-order chi connectivity index (χ1) is 19.3. The van der Waals surface area contributed by atoms with Crippen molar-refractivity contribution in [2.45, 2.75) is 132 Å². The van der Waals surface area contributed by atoms with E-state index in [4.69, 9.17) is 4.74 Å². The first-order valence-electron chi connectivity index (χ1n) is 17.2. The highest BCUT2D eigenvalue weighted by molar-refractivity contribution is 5.70. The van der Waals surface area contributed by atoms with E-state index in [9.17, 15) is 4.79 Å². The monoisotopic (exact) mass is 558 g/mol. The molecule has 0 radical (unpaired) electrons. The van der Waals surface area contributed by atoms with Gasteiger partial charge >= 0.3 is 5.97 Å². The van der Waals surface area contributed by atoms with Crippen LogP contribution in [-0.4, -0.2) is 12.1 Å². The number of allylic oxidation sites excluding steroid dienone is 1. The SMILES string of the molecule is C=C(C)[C@@H]1CC[C@@]2(C)CC[C@@]3(C)[C@@H](CC[C@H]4[C@]5(C)CC[C@H](OC(=O)CCc6ccccc6)C(C)(C)[C@H]5CC[C@@]43C)[C@@H]12. The Balaban J connectivity index is 1.21. The number of fused-ring (bicyclic) bond motifs is 7. The highest BCUT2D eigenvalue weighted by atomic mass is 16.5. The summed E-state index contributed by atoms with van der Waals surface area (Å²) >= 11 is 0. The molecule has 0 amide bonds. The van der Waals surface area contributed by atoms with Gasteiger partial charge in [-0.3, -0.25) is 4.79 Å². The van der Waals surface area contributed by atoms with Crippen molar-refractivity contribution >= 4 is 5.97 Å². The molecule has 0 aliphatic heterocycles. The zero-order valence-corrected chi connectivity index (χ0v) is 27.4. The Labute approximate surface area is 251 Å². The van der Waals surface area contributed by atoms with Crippen LogP contribution in [0.5, 0.6) is 0 Å². The first kappa shape index (κ1) is 29.5. The lowest BCUT2D eigenvalue weighted by Crippen LogP contribution is -2.66. The Morgan fingerprint density at radius 2 is 1.56 bits per heavy atom. The summed E-state index contributed by atoms with van der Waals surface area (Å²) in [5.74, 6) is 3.74.